The van der Waals surface area contributed by atoms with Crippen molar-refractivity contribution < 1.29 is 19.5 Å². The number of carbonyl (C=O) groups is 2. The predicted molar refractivity (Wildman–Crippen MR) is 47.5 cm³/mol. The summed E-state index contributed by atoms with van der Waals surface area (Å²) in [7, 11) is 0. The Morgan fingerprint density at radius 2 is 2.40 bits per heavy atom. The van der Waals surface area contributed by atoms with E-state index in [2.05, 4.69) is 20.1 Å². The highest BCUT2D eigenvalue weighted by molar-refractivity contribution is 5.73. The van der Waals surface area contributed by atoms with E-state index in [0.717, 1.165) is 5.69 Å². The van der Waals surface area contributed by atoms with Crippen molar-refractivity contribution in [1.29, 1.82) is 0 Å². The SMILES string of the molecule is O=C(O)CONC(=O)NCc1cnc[nH]1. The number of H-pyrrole nitrogens is 1. The molecule has 0 fully saturated rings. The van der Waals surface area contributed by atoms with Crippen LogP contribution in [0.4, 0.5) is 4.79 Å². The van der Waals surface area contributed by atoms with Crippen LogP contribution in [-0.2, 0) is 16.2 Å². The molecule has 1 heterocycles. The van der Waals surface area contributed by atoms with Crippen molar-refractivity contribution in [3.8, 4) is 0 Å². The average Bonchev–Trinajstić information content (AvgIpc) is 2.66. The van der Waals surface area contributed by atoms with Gasteiger partial charge in [-0.15, -0.1) is 0 Å². The summed E-state index contributed by atoms with van der Waals surface area (Å²) in [4.78, 5) is 31.8. The van der Waals surface area contributed by atoms with Crippen LogP contribution in [0.3, 0.4) is 0 Å². The molecule has 8 nitrogen and oxygen atoms in total. The Kier molecular flexibility index (Phi) is 4.10. The zero-order valence-corrected chi connectivity index (χ0v) is 7.69. The van der Waals surface area contributed by atoms with Gasteiger partial charge in [0.2, 0.25) is 0 Å². The Morgan fingerprint density at radius 3 is 3.00 bits per heavy atom. The molecule has 0 aromatic carbocycles. The molecule has 0 atom stereocenters. The van der Waals surface area contributed by atoms with Crippen molar-refractivity contribution >= 4 is 12.0 Å². The van der Waals surface area contributed by atoms with Gasteiger partial charge in [-0.25, -0.2) is 20.1 Å². The minimum absolute atomic E-state index is 0.252. The molecule has 0 bridgehead atoms. The summed E-state index contributed by atoms with van der Waals surface area (Å²) in [6.07, 6.45) is 3.04. The first-order valence-corrected chi connectivity index (χ1v) is 4.03. The zero-order valence-electron chi connectivity index (χ0n) is 7.69. The molecule has 82 valence electrons. The van der Waals surface area contributed by atoms with E-state index in [9.17, 15) is 9.59 Å². The third-order valence-corrected chi connectivity index (χ3v) is 1.35. The lowest BCUT2D eigenvalue weighted by atomic mass is 10.5. The first kappa shape index (κ1) is 11.0. The molecule has 4 N–H and O–H groups in total. The molecule has 8 heteroatoms. The van der Waals surface area contributed by atoms with E-state index in [0.29, 0.717) is 0 Å². The number of carboxylic acid groups (broad SMARTS) is 1. The maximum Gasteiger partial charge on any atom is 0.339 e. The highest BCUT2D eigenvalue weighted by Gasteiger charge is 2.02. The normalized spacial score (nSPS) is 9.60. The van der Waals surface area contributed by atoms with E-state index in [1.165, 1.54) is 6.33 Å². The molecule has 0 unspecified atom stereocenters. The van der Waals surface area contributed by atoms with E-state index < -0.39 is 18.6 Å². The quantitative estimate of drug-likeness (QED) is 0.480. The Morgan fingerprint density at radius 1 is 1.60 bits per heavy atom. The molecule has 15 heavy (non-hydrogen) atoms. The second-order valence-corrected chi connectivity index (χ2v) is 2.54. The fraction of sp³-hybridized carbons (Fsp3) is 0.286. The van der Waals surface area contributed by atoms with Crippen LogP contribution in [0.2, 0.25) is 0 Å². The molecule has 0 saturated carbocycles. The summed E-state index contributed by atoms with van der Waals surface area (Å²) in [6, 6.07) is -0.620. The highest BCUT2D eigenvalue weighted by atomic mass is 16.7. The van der Waals surface area contributed by atoms with Crippen LogP contribution in [-0.4, -0.2) is 33.7 Å². The molecule has 0 spiro atoms. The fourth-order valence-corrected chi connectivity index (χ4v) is 0.756. The molecule has 0 aliphatic carbocycles. The van der Waals surface area contributed by atoms with E-state index in [1.807, 2.05) is 5.48 Å². The van der Waals surface area contributed by atoms with Crippen LogP contribution in [0.5, 0.6) is 0 Å². The minimum Gasteiger partial charge on any atom is -0.479 e. The zero-order chi connectivity index (χ0) is 11.1. The number of rotatable bonds is 5. The second kappa shape index (κ2) is 5.60. The van der Waals surface area contributed by atoms with Gasteiger partial charge in [-0.3, -0.25) is 4.84 Å². The second-order valence-electron chi connectivity index (χ2n) is 2.54. The number of aromatic nitrogens is 2. The number of nitrogens with zero attached hydrogens (tertiary/aromatic N) is 1. The maximum atomic E-state index is 10.9. The van der Waals surface area contributed by atoms with E-state index >= 15 is 0 Å². The summed E-state index contributed by atoms with van der Waals surface area (Å²) in [5.41, 5.74) is 2.64. The third kappa shape index (κ3) is 4.62. The number of aromatic amines is 1. The number of hydrogen-bond acceptors (Lipinski definition) is 4. The minimum atomic E-state index is -1.16. The van der Waals surface area contributed by atoms with Crippen molar-refractivity contribution in [2.24, 2.45) is 0 Å². The van der Waals surface area contributed by atoms with Gasteiger partial charge in [0.05, 0.1) is 18.6 Å². The van der Waals surface area contributed by atoms with Crippen molar-refractivity contribution in [2.45, 2.75) is 6.54 Å². The molecule has 1 rings (SSSR count). The summed E-state index contributed by atoms with van der Waals surface area (Å²) >= 11 is 0. The van der Waals surface area contributed by atoms with Gasteiger partial charge >= 0.3 is 12.0 Å². The number of imidazole rings is 1. The maximum absolute atomic E-state index is 10.9. The van der Waals surface area contributed by atoms with Crippen LogP contribution >= 0.6 is 0 Å². The van der Waals surface area contributed by atoms with Crippen molar-refractivity contribution in [3.05, 3.63) is 18.2 Å². The lowest BCUT2D eigenvalue weighted by Crippen LogP contribution is -2.36. The van der Waals surface area contributed by atoms with Gasteiger partial charge < -0.3 is 15.4 Å². The molecule has 0 saturated heterocycles. The third-order valence-electron chi connectivity index (χ3n) is 1.35. The van der Waals surface area contributed by atoms with Crippen LogP contribution < -0.4 is 10.8 Å². The summed E-state index contributed by atoms with van der Waals surface area (Å²) < 4.78 is 0. The molecule has 0 radical (unpaired) electrons. The molecule has 0 aliphatic rings. The van der Waals surface area contributed by atoms with Gasteiger partial charge in [0, 0.05) is 6.20 Å². The number of nitrogens with one attached hydrogen (secondary N) is 3. The van der Waals surface area contributed by atoms with Crippen molar-refractivity contribution in [2.75, 3.05) is 6.61 Å². The standard InChI is InChI=1S/C7H10N4O4/c12-6(13)3-15-11-7(14)9-2-5-1-8-4-10-5/h1,4H,2-3H2,(H,8,10)(H,12,13)(H2,9,11,14). The van der Waals surface area contributed by atoms with Crippen LogP contribution in [0.15, 0.2) is 12.5 Å². The summed E-state index contributed by atoms with van der Waals surface area (Å²) in [5.74, 6) is -1.16. The summed E-state index contributed by atoms with van der Waals surface area (Å²) in [6.45, 7) is -0.334. The first-order chi connectivity index (χ1) is 7.18. The van der Waals surface area contributed by atoms with E-state index in [4.69, 9.17) is 5.11 Å². The van der Waals surface area contributed by atoms with Crippen molar-refractivity contribution in [1.82, 2.24) is 20.8 Å². The van der Waals surface area contributed by atoms with Gasteiger partial charge in [-0.05, 0) is 0 Å². The van der Waals surface area contributed by atoms with E-state index in [-0.39, 0.29) is 6.54 Å². The lowest BCUT2D eigenvalue weighted by molar-refractivity contribution is -0.144. The molecule has 1 aromatic rings. The fourth-order valence-electron chi connectivity index (χ4n) is 0.756. The Hall–Kier alpha value is -2.09. The Bertz CT molecular complexity index is 324. The molecule has 2 amide bonds. The molecular weight excluding hydrogens is 204 g/mol. The first-order valence-electron chi connectivity index (χ1n) is 4.03. The topological polar surface area (TPSA) is 116 Å². The number of hydrogen-bond donors (Lipinski definition) is 4. The summed E-state index contributed by atoms with van der Waals surface area (Å²) in [5, 5.41) is 10.6. The predicted octanol–water partition coefficient (Wildman–Crippen LogP) is -0.775. The number of carboxylic acids is 1. The smallest absolute Gasteiger partial charge is 0.339 e. The lowest BCUT2D eigenvalue weighted by Gasteiger charge is -2.04. The number of amides is 2. The number of carbonyl (C=O) groups excluding carboxylic acids is 1. The number of hydroxylamine groups is 1. The highest BCUT2D eigenvalue weighted by Crippen LogP contribution is 1.88. The van der Waals surface area contributed by atoms with Crippen LogP contribution in [0, 0.1) is 0 Å². The van der Waals surface area contributed by atoms with E-state index in [1.54, 1.807) is 6.20 Å². The van der Waals surface area contributed by atoms with Gasteiger partial charge in [0.25, 0.3) is 0 Å². The number of urea groups is 1. The monoisotopic (exact) mass is 214 g/mol. The van der Waals surface area contributed by atoms with Gasteiger partial charge in [-0.2, -0.15) is 0 Å². The largest absolute Gasteiger partial charge is 0.479 e. The van der Waals surface area contributed by atoms with Crippen LogP contribution in [0.25, 0.3) is 0 Å². The average molecular weight is 214 g/mol. The van der Waals surface area contributed by atoms with Crippen LogP contribution in [0.1, 0.15) is 5.69 Å². The Balaban J connectivity index is 2.11. The van der Waals surface area contributed by atoms with Gasteiger partial charge in [-0.1, -0.05) is 0 Å². The van der Waals surface area contributed by atoms with Gasteiger partial charge in [0.15, 0.2) is 6.61 Å². The molecule has 0 aliphatic heterocycles. The molecular formula is C7H10N4O4. The Labute approximate surface area is 84.6 Å². The molecule has 1 aromatic heterocycles. The van der Waals surface area contributed by atoms with Crippen molar-refractivity contribution in [3.63, 3.8) is 0 Å². The number of aliphatic carboxylic acids is 1. The van der Waals surface area contributed by atoms with Gasteiger partial charge in [0.1, 0.15) is 0 Å².